The standard InChI is InChI=1S/C10H10F3NO2/c11-10(12,13)7-3-1-6(2-4-7)9(16)8(14)5-15/h1-4,8,15H,5,14H2. The maximum atomic E-state index is 12.2. The van der Waals surface area contributed by atoms with Gasteiger partial charge in [0.15, 0.2) is 5.78 Å². The summed E-state index contributed by atoms with van der Waals surface area (Å²) in [4.78, 5) is 11.4. The molecule has 3 N–H and O–H groups in total. The van der Waals surface area contributed by atoms with Crippen molar-refractivity contribution in [2.75, 3.05) is 6.61 Å². The number of rotatable bonds is 3. The Balaban J connectivity index is 2.91. The van der Waals surface area contributed by atoms with Gasteiger partial charge in [0, 0.05) is 5.56 Å². The molecule has 1 unspecified atom stereocenters. The Morgan fingerprint density at radius 2 is 1.81 bits per heavy atom. The lowest BCUT2D eigenvalue weighted by molar-refractivity contribution is -0.137. The summed E-state index contributed by atoms with van der Waals surface area (Å²) in [7, 11) is 0. The summed E-state index contributed by atoms with van der Waals surface area (Å²) in [5.74, 6) is -0.587. The maximum Gasteiger partial charge on any atom is 0.416 e. The molecule has 0 spiro atoms. The van der Waals surface area contributed by atoms with Crippen molar-refractivity contribution in [3.8, 4) is 0 Å². The number of halogens is 3. The van der Waals surface area contributed by atoms with E-state index in [1.165, 1.54) is 0 Å². The van der Waals surface area contributed by atoms with Crippen LogP contribution in [0.5, 0.6) is 0 Å². The summed E-state index contributed by atoms with van der Waals surface area (Å²) < 4.78 is 36.6. The van der Waals surface area contributed by atoms with Gasteiger partial charge in [-0.3, -0.25) is 4.79 Å². The van der Waals surface area contributed by atoms with E-state index in [0.29, 0.717) is 0 Å². The van der Waals surface area contributed by atoms with Crippen LogP contribution in [0.4, 0.5) is 13.2 Å². The Hall–Kier alpha value is -1.40. The highest BCUT2D eigenvalue weighted by molar-refractivity contribution is 6.00. The predicted octanol–water partition coefficient (Wildman–Crippen LogP) is 1.21. The predicted molar refractivity (Wildman–Crippen MR) is 50.8 cm³/mol. The highest BCUT2D eigenvalue weighted by Gasteiger charge is 2.30. The molecule has 88 valence electrons. The largest absolute Gasteiger partial charge is 0.416 e. The molecule has 0 aromatic heterocycles. The summed E-state index contributed by atoms with van der Waals surface area (Å²) in [5, 5.41) is 8.62. The number of carbonyl (C=O) groups excluding carboxylic acids is 1. The van der Waals surface area contributed by atoms with Crippen molar-refractivity contribution >= 4 is 5.78 Å². The third-order valence-electron chi connectivity index (χ3n) is 2.03. The molecule has 0 aliphatic rings. The van der Waals surface area contributed by atoms with E-state index >= 15 is 0 Å². The summed E-state index contributed by atoms with van der Waals surface area (Å²) in [6, 6.07) is 2.59. The molecule has 0 fully saturated rings. The molecule has 16 heavy (non-hydrogen) atoms. The van der Waals surface area contributed by atoms with Gasteiger partial charge in [-0.2, -0.15) is 13.2 Å². The zero-order valence-corrected chi connectivity index (χ0v) is 8.16. The van der Waals surface area contributed by atoms with Crippen LogP contribution in [0.3, 0.4) is 0 Å². The van der Waals surface area contributed by atoms with Crippen LogP contribution in [0.1, 0.15) is 15.9 Å². The van der Waals surface area contributed by atoms with Gasteiger partial charge in [-0.1, -0.05) is 12.1 Å². The minimum absolute atomic E-state index is 0.0505. The fourth-order valence-electron chi connectivity index (χ4n) is 1.12. The van der Waals surface area contributed by atoms with E-state index in [9.17, 15) is 18.0 Å². The molecule has 1 rings (SSSR count). The van der Waals surface area contributed by atoms with E-state index in [1.54, 1.807) is 0 Å². The number of nitrogens with two attached hydrogens (primary N) is 1. The lowest BCUT2D eigenvalue weighted by atomic mass is 10.0. The lowest BCUT2D eigenvalue weighted by Crippen LogP contribution is -2.34. The second kappa shape index (κ2) is 4.63. The molecule has 0 radical (unpaired) electrons. The van der Waals surface area contributed by atoms with Crippen molar-refractivity contribution in [1.29, 1.82) is 0 Å². The lowest BCUT2D eigenvalue weighted by Gasteiger charge is -2.09. The molecule has 1 atom stereocenters. The zero-order chi connectivity index (χ0) is 12.3. The molecule has 0 bridgehead atoms. The van der Waals surface area contributed by atoms with Crippen LogP contribution < -0.4 is 5.73 Å². The van der Waals surface area contributed by atoms with Crippen LogP contribution in [0, 0.1) is 0 Å². The fourth-order valence-corrected chi connectivity index (χ4v) is 1.12. The van der Waals surface area contributed by atoms with Gasteiger partial charge in [0.25, 0.3) is 0 Å². The van der Waals surface area contributed by atoms with Gasteiger partial charge in [0.2, 0.25) is 0 Å². The van der Waals surface area contributed by atoms with Gasteiger partial charge in [-0.05, 0) is 12.1 Å². The maximum absolute atomic E-state index is 12.2. The molecule has 3 nitrogen and oxygen atoms in total. The summed E-state index contributed by atoms with van der Waals surface area (Å²) in [5.41, 5.74) is 4.47. The van der Waals surface area contributed by atoms with E-state index < -0.39 is 30.2 Å². The number of aliphatic hydroxyl groups excluding tert-OH is 1. The van der Waals surface area contributed by atoms with Crippen molar-refractivity contribution in [1.82, 2.24) is 0 Å². The average molecular weight is 233 g/mol. The number of alkyl halides is 3. The van der Waals surface area contributed by atoms with E-state index in [4.69, 9.17) is 10.8 Å². The Bertz CT molecular complexity index is 373. The normalized spacial score (nSPS) is 13.6. The first kappa shape index (κ1) is 12.7. The minimum atomic E-state index is -4.43. The summed E-state index contributed by atoms with van der Waals surface area (Å²) in [6.07, 6.45) is -4.43. The molecular weight excluding hydrogens is 223 g/mol. The highest BCUT2D eigenvalue weighted by Crippen LogP contribution is 2.29. The number of carbonyl (C=O) groups is 1. The molecule has 0 aliphatic heterocycles. The fraction of sp³-hybridized carbons (Fsp3) is 0.300. The molecule has 0 saturated heterocycles. The van der Waals surface area contributed by atoms with Crippen molar-refractivity contribution in [2.24, 2.45) is 5.73 Å². The molecule has 0 saturated carbocycles. The molecule has 0 aliphatic carbocycles. The average Bonchev–Trinajstić information content (AvgIpc) is 2.26. The van der Waals surface area contributed by atoms with E-state index in [1.807, 2.05) is 0 Å². The third-order valence-corrected chi connectivity index (χ3v) is 2.03. The monoisotopic (exact) mass is 233 g/mol. The van der Waals surface area contributed by atoms with Gasteiger partial charge >= 0.3 is 6.18 Å². The second-order valence-corrected chi connectivity index (χ2v) is 3.23. The van der Waals surface area contributed by atoms with Crippen LogP contribution in [-0.2, 0) is 6.18 Å². The second-order valence-electron chi connectivity index (χ2n) is 3.23. The Kier molecular flexibility index (Phi) is 3.66. The first-order valence-corrected chi connectivity index (χ1v) is 4.44. The number of Topliss-reactive ketones (excluding diaryl/α,β-unsaturated/α-hetero) is 1. The van der Waals surface area contributed by atoms with Gasteiger partial charge in [-0.15, -0.1) is 0 Å². The molecule has 0 amide bonds. The minimum Gasteiger partial charge on any atom is -0.394 e. The Morgan fingerprint density at radius 1 is 1.31 bits per heavy atom. The van der Waals surface area contributed by atoms with Crippen molar-refractivity contribution in [2.45, 2.75) is 12.2 Å². The van der Waals surface area contributed by atoms with E-state index in [-0.39, 0.29) is 5.56 Å². The molecule has 6 heteroatoms. The quantitative estimate of drug-likeness (QED) is 0.771. The molecule has 1 aromatic carbocycles. The first-order valence-electron chi connectivity index (χ1n) is 4.44. The number of hydrogen-bond acceptors (Lipinski definition) is 3. The van der Waals surface area contributed by atoms with E-state index in [0.717, 1.165) is 24.3 Å². The van der Waals surface area contributed by atoms with Crippen molar-refractivity contribution in [3.63, 3.8) is 0 Å². The first-order chi connectivity index (χ1) is 7.36. The zero-order valence-electron chi connectivity index (χ0n) is 8.16. The number of ketones is 1. The topological polar surface area (TPSA) is 63.3 Å². The highest BCUT2D eigenvalue weighted by atomic mass is 19.4. The summed E-state index contributed by atoms with van der Waals surface area (Å²) in [6.45, 7) is -0.542. The SMILES string of the molecule is NC(CO)C(=O)c1ccc(C(F)(F)F)cc1. The van der Waals surface area contributed by atoms with Crippen LogP contribution in [0.2, 0.25) is 0 Å². The number of benzene rings is 1. The Morgan fingerprint density at radius 3 is 2.19 bits per heavy atom. The van der Waals surface area contributed by atoms with Gasteiger partial charge < -0.3 is 10.8 Å². The van der Waals surface area contributed by atoms with Gasteiger partial charge in [0.05, 0.1) is 18.2 Å². The molecule has 1 aromatic rings. The van der Waals surface area contributed by atoms with Crippen molar-refractivity contribution < 1.29 is 23.1 Å². The van der Waals surface area contributed by atoms with E-state index in [2.05, 4.69) is 0 Å². The molecule has 0 heterocycles. The van der Waals surface area contributed by atoms with Crippen LogP contribution in [-0.4, -0.2) is 23.5 Å². The van der Waals surface area contributed by atoms with Crippen LogP contribution in [0.15, 0.2) is 24.3 Å². The van der Waals surface area contributed by atoms with Gasteiger partial charge in [-0.25, -0.2) is 0 Å². The smallest absolute Gasteiger partial charge is 0.394 e. The number of aliphatic hydroxyl groups is 1. The Labute approximate surface area is 89.7 Å². The number of hydrogen-bond donors (Lipinski definition) is 2. The molecular formula is C10H10F3NO2. The summed E-state index contributed by atoms with van der Waals surface area (Å²) >= 11 is 0. The van der Waals surface area contributed by atoms with Crippen LogP contribution in [0.25, 0.3) is 0 Å². The third kappa shape index (κ3) is 2.80. The van der Waals surface area contributed by atoms with Gasteiger partial charge in [0.1, 0.15) is 0 Å². The van der Waals surface area contributed by atoms with Crippen LogP contribution >= 0.6 is 0 Å². The van der Waals surface area contributed by atoms with Crippen molar-refractivity contribution in [3.05, 3.63) is 35.4 Å².